The summed E-state index contributed by atoms with van der Waals surface area (Å²) < 4.78 is 10.1. The highest BCUT2D eigenvalue weighted by atomic mass is 16.7. The van der Waals surface area contributed by atoms with Crippen LogP contribution in [0, 0.1) is 0 Å². The average Bonchev–Trinajstić information content (AvgIpc) is 2.46. The van der Waals surface area contributed by atoms with E-state index >= 15 is 0 Å². The maximum atomic E-state index is 12.1. The lowest BCUT2D eigenvalue weighted by atomic mass is 9.69. The number of amides is 1. The molecule has 0 unspecified atom stereocenters. The Bertz CT molecular complexity index is 360. The summed E-state index contributed by atoms with van der Waals surface area (Å²) in [5, 5.41) is 2.79. The molecule has 4 nitrogen and oxygen atoms in total. The number of rotatable bonds is 10. The molecule has 1 N–H and O–H groups in total. The first-order valence-corrected chi connectivity index (χ1v) is 6.98. The summed E-state index contributed by atoms with van der Waals surface area (Å²) in [6.07, 6.45) is 6.91. The van der Waals surface area contributed by atoms with Crippen LogP contribution in [0.5, 0.6) is 0 Å². The van der Waals surface area contributed by atoms with E-state index in [4.69, 9.17) is 9.47 Å². The number of carbonyl (C=O) groups excluding carboxylic acids is 1. The second-order valence-electron chi connectivity index (χ2n) is 4.37. The number of ether oxygens (including phenoxy) is 2. The van der Waals surface area contributed by atoms with E-state index in [-0.39, 0.29) is 5.91 Å². The van der Waals surface area contributed by atoms with Crippen LogP contribution in [-0.4, -0.2) is 40.2 Å². The summed E-state index contributed by atoms with van der Waals surface area (Å²) in [6.45, 7) is 8.18. The number of nitrogens with one attached hydrogen (secondary N) is 1. The molecule has 0 spiro atoms. The molecule has 1 amide bonds. The van der Waals surface area contributed by atoms with Crippen molar-refractivity contribution < 1.29 is 14.3 Å². The minimum absolute atomic E-state index is 0.147. The lowest BCUT2D eigenvalue weighted by molar-refractivity contribution is -0.124. The van der Waals surface area contributed by atoms with Crippen molar-refractivity contribution in [3.63, 3.8) is 0 Å². The normalized spacial score (nSPS) is 12.4. The van der Waals surface area contributed by atoms with Crippen molar-refractivity contribution in [3.8, 4) is 0 Å². The van der Waals surface area contributed by atoms with Gasteiger partial charge in [0.1, 0.15) is 7.28 Å². The van der Waals surface area contributed by atoms with Crippen LogP contribution in [0.3, 0.4) is 0 Å². The predicted molar refractivity (Wildman–Crippen MR) is 85.1 cm³/mol. The topological polar surface area (TPSA) is 47.6 Å². The SMILES string of the molecule is C=C/C=C(\C=C(\BC)CCC)C(=O)NCC(OC)OC. The molecule has 112 valence electrons. The maximum absolute atomic E-state index is 12.1. The molecule has 0 rings (SSSR count). The molecule has 0 bridgehead atoms. The molecule has 0 aliphatic heterocycles. The highest BCUT2D eigenvalue weighted by Crippen LogP contribution is 2.09. The van der Waals surface area contributed by atoms with Gasteiger partial charge in [0.2, 0.25) is 0 Å². The quantitative estimate of drug-likeness (QED) is 0.288. The molecular weight excluding hydrogens is 253 g/mol. The highest BCUT2D eigenvalue weighted by molar-refractivity contribution is 6.43. The van der Waals surface area contributed by atoms with Gasteiger partial charge in [-0.15, -0.1) is 5.47 Å². The van der Waals surface area contributed by atoms with Crippen LogP contribution < -0.4 is 5.32 Å². The van der Waals surface area contributed by atoms with Crippen molar-refractivity contribution in [2.24, 2.45) is 0 Å². The molecule has 0 fully saturated rings. The first kappa shape index (κ1) is 18.7. The van der Waals surface area contributed by atoms with Crippen molar-refractivity contribution >= 4 is 13.2 Å². The van der Waals surface area contributed by atoms with E-state index in [1.165, 1.54) is 19.7 Å². The molecule has 0 saturated carbocycles. The monoisotopic (exact) mass is 279 g/mol. The molecule has 0 heterocycles. The molecule has 0 aromatic carbocycles. The lowest BCUT2D eigenvalue weighted by Crippen LogP contribution is -2.34. The second-order valence-corrected chi connectivity index (χ2v) is 4.37. The third-order valence-electron chi connectivity index (χ3n) is 2.90. The number of methoxy groups -OCH3 is 2. The van der Waals surface area contributed by atoms with Gasteiger partial charge in [-0.1, -0.05) is 45.0 Å². The van der Waals surface area contributed by atoms with E-state index in [0.29, 0.717) is 12.1 Å². The van der Waals surface area contributed by atoms with E-state index in [1.807, 2.05) is 6.08 Å². The van der Waals surface area contributed by atoms with Gasteiger partial charge in [0.15, 0.2) is 6.29 Å². The molecule has 0 aliphatic rings. The van der Waals surface area contributed by atoms with Gasteiger partial charge in [0.25, 0.3) is 5.91 Å². The summed E-state index contributed by atoms with van der Waals surface area (Å²) in [5.74, 6) is -0.147. The van der Waals surface area contributed by atoms with Crippen LogP contribution >= 0.6 is 0 Å². The first-order valence-electron chi connectivity index (χ1n) is 6.98. The van der Waals surface area contributed by atoms with Gasteiger partial charge in [-0.2, -0.15) is 0 Å². The van der Waals surface area contributed by atoms with Gasteiger partial charge in [-0.3, -0.25) is 4.79 Å². The largest absolute Gasteiger partial charge is 0.354 e. The Hall–Kier alpha value is -1.33. The van der Waals surface area contributed by atoms with Crippen LogP contribution in [0.2, 0.25) is 6.82 Å². The minimum atomic E-state index is -0.436. The van der Waals surface area contributed by atoms with Gasteiger partial charge in [-0.05, 0) is 6.42 Å². The van der Waals surface area contributed by atoms with Gasteiger partial charge in [0.05, 0.1) is 6.54 Å². The number of allylic oxidation sites excluding steroid dienone is 3. The molecular formula is C15H26BNO3. The number of hydrogen-bond acceptors (Lipinski definition) is 3. The Kier molecular flexibility index (Phi) is 10.7. The van der Waals surface area contributed by atoms with Crippen molar-refractivity contribution in [3.05, 3.63) is 35.9 Å². The van der Waals surface area contributed by atoms with Crippen molar-refractivity contribution in [1.29, 1.82) is 0 Å². The summed E-state index contributed by atoms with van der Waals surface area (Å²) in [7, 11) is 4.02. The van der Waals surface area contributed by atoms with Gasteiger partial charge < -0.3 is 14.8 Å². The molecule has 0 aliphatic carbocycles. The fourth-order valence-electron chi connectivity index (χ4n) is 1.75. The zero-order chi connectivity index (χ0) is 15.4. The molecule has 20 heavy (non-hydrogen) atoms. The van der Waals surface area contributed by atoms with Gasteiger partial charge in [0, 0.05) is 19.8 Å². The van der Waals surface area contributed by atoms with E-state index in [2.05, 4.69) is 25.6 Å². The van der Waals surface area contributed by atoms with Gasteiger partial charge >= 0.3 is 0 Å². The zero-order valence-electron chi connectivity index (χ0n) is 13.1. The van der Waals surface area contributed by atoms with Crippen molar-refractivity contribution in [2.45, 2.75) is 32.9 Å². The Morgan fingerprint density at radius 3 is 2.50 bits per heavy atom. The zero-order valence-corrected chi connectivity index (χ0v) is 13.1. The Labute approximate surface area is 123 Å². The molecule has 0 aromatic heterocycles. The van der Waals surface area contributed by atoms with Crippen molar-refractivity contribution in [2.75, 3.05) is 20.8 Å². The maximum Gasteiger partial charge on any atom is 0.251 e. The number of hydrogen-bond donors (Lipinski definition) is 1. The lowest BCUT2D eigenvalue weighted by Gasteiger charge is -2.14. The van der Waals surface area contributed by atoms with E-state index < -0.39 is 6.29 Å². The summed E-state index contributed by atoms with van der Waals surface area (Å²) in [5.41, 5.74) is 1.86. The Morgan fingerprint density at radius 1 is 1.40 bits per heavy atom. The van der Waals surface area contributed by atoms with E-state index in [1.54, 1.807) is 12.2 Å². The van der Waals surface area contributed by atoms with Crippen LogP contribution in [0.25, 0.3) is 0 Å². The smallest absolute Gasteiger partial charge is 0.251 e. The summed E-state index contributed by atoms with van der Waals surface area (Å²) >= 11 is 0. The molecule has 0 saturated heterocycles. The Morgan fingerprint density at radius 2 is 2.05 bits per heavy atom. The van der Waals surface area contributed by atoms with Crippen LogP contribution in [0.4, 0.5) is 0 Å². The third-order valence-corrected chi connectivity index (χ3v) is 2.90. The summed E-state index contributed by atoms with van der Waals surface area (Å²) in [6, 6.07) is 0. The molecule has 5 heteroatoms. The third kappa shape index (κ3) is 7.31. The minimum Gasteiger partial charge on any atom is -0.354 e. The average molecular weight is 279 g/mol. The predicted octanol–water partition coefficient (Wildman–Crippen LogP) is 2.00. The van der Waals surface area contributed by atoms with Crippen LogP contribution in [0.15, 0.2) is 35.9 Å². The molecule has 0 aromatic rings. The standard InChI is InChI=1S/C15H26BNO3/c1-6-8-12(10-13(16-3)9-7-2)15(18)17-11-14(19-4)20-5/h6,8,10,14,16H,1,7,9,11H2,2-5H3,(H,17,18)/b12-8+,13-10+. The number of carbonyl (C=O) groups is 1. The summed E-state index contributed by atoms with van der Waals surface area (Å²) in [4.78, 5) is 12.1. The molecule has 0 radical (unpaired) electrons. The van der Waals surface area contributed by atoms with E-state index in [9.17, 15) is 4.79 Å². The highest BCUT2D eigenvalue weighted by Gasteiger charge is 2.11. The van der Waals surface area contributed by atoms with Gasteiger partial charge in [-0.25, -0.2) is 0 Å². The van der Waals surface area contributed by atoms with Crippen LogP contribution in [0.1, 0.15) is 19.8 Å². The van der Waals surface area contributed by atoms with Crippen molar-refractivity contribution in [1.82, 2.24) is 5.32 Å². The Balaban J connectivity index is 4.79. The van der Waals surface area contributed by atoms with Crippen LogP contribution in [-0.2, 0) is 14.3 Å². The first-order chi connectivity index (χ1) is 9.62. The van der Waals surface area contributed by atoms with E-state index in [0.717, 1.165) is 20.1 Å². The molecule has 0 atom stereocenters. The second kappa shape index (κ2) is 11.5. The fourth-order valence-corrected chi connectivity index (χ4v) is 1.75. The fraction of sp³-hybridized carbons (Fsp3) is 0.533.